The average molecular weight is 278 g/mol. The van der Waals surface area contributed by atoms with Crippen molar-refractivity contribution >= 4 is 0 Å². The Balaban J connectivity index is 1.90. The van der Waals surface area contributed by atoms with Gasteiger partial charge in [0.25, 0.3) is 0 Å². The maximum Gasteiger partial charge on any atom is 0.116 e. The monoisotopic (exact) mass is 278 g/mol. The van der Waals surface area contributed by atoms with E-state index in [1.165, 1.54) is 32.4 Å². The van der Waals surface area contributed by atoms with Gasteiger partial charge in [0.05, 0.1) is 6.07 Å². The largest absolute Gasteiger partial charge is 0.303 e. The van der Waals surface area contributed by atoms with E-state index in [0.717, 1.165) is 38.0 Å². The number of likely N-dealkylation sites (tertiary alicyclic amines) is 2. The van der Waals surface area contributed by atoms with Crippen molar-refractivity contribution in [3.63, 3.8) is 0 Å². The molecule has 2 saturated heterocycles. The molecule has 0 radical (unpaired) electrons. The highest BCUT2D eigenvalue weighted by Gasteiger charge is 2.36. The molecule has 0 bridgehead atoms. The van der Waals surface area contributed by atoms with Crippen LogP contribution in [-0.2, 0) is 0 Å². The van der Waals surface area contributed by atoms with Crippen molar-refractivity contribution in [3.05, 3.63) is 0 Å². The van der Waals surface area contributed by atoms with Crippen LogP contribution in [0.3, 0.4) is 0 Å². The van der Waals surface area contributed by atoms with Crippen molar-refractivity contribution in [2.24, 2.45) is 5.92 Å². The van der Waals surface area contributed by atoms with Crippen LogP contribution in [0.1, 0.15) is 39.5 Å². The number of hydrogen-bond acceptors (Lipinski definition) is 4. The molecule has 4 heteroatoms. The summed E-state index contributed by atoms with van der Waals surface area (Å²) in [6.07, 6.45) is 5.02. The number of piperidine rings is 2. The molecule has 0 aromatic rings. The minimum Gasteiger partial charge on any atom is -0.303 e. The van der Waals surface area contributed by atoms with Crippen LogP contribution >= 0.6 is 0 Å². The third-order valence-corrected chi connectivity index (χ3v) is 4.98. The van der Waals surface area contributed by atoms with Crippen molar-refractivity contribution in [2.75, 3.05) is 39.8 Å². The molecule has 3 atom stereocenters. The number of nitrogens with one attached hydrogen (secondary N) is 1. The van der Waals surface area contributed by atoms with Crippen molar-refractivity contribution in [2.45, 2.75) is 51.1 Å². The maximum atomic E-state index is 9.47. The fourth-order valence-corrected chi connectivity index (χ4v) is 3.85. The molecule has 2 aliphatic heterocycles. The smallest absolute Gasteiger partial charge is 0.116 e. The molecule has 0 spiro atoms. The predicted molar refractivity (Wildman–Crippen MR) is 82.5 cm³/mol. The van der Waals surface area contributed by atoms with Crippen molar-refractivity contribution in [1.82, 2.24) is 15.1 Å². The molecule has 4 nitrogen and oxygen atoms in total. The normalized spacial score (nSPS) is 31.3. The van der Waals surface area contributed by atoms with Gasteiger partial charge in [-0.2, -0.15) is 5.26 Å². The zero-order valence-corrected chi connectivity index (χ0v) is 13.4. The maximum absolute atomic E-state index is 9.47. The second-order valence-corrected chi connectivity index (χ2v) is 6.84. The highest BCUT2D eigenvalue weighted by molar-refractivity contribution is 5.06. The Kier molecular flexibility index (Phi) is 5.42. The first-order valence-corrected chi connectivity index (χ1v) is 8.17. The molecule has 0 saturated carbocycles. The van der Waals surface area contributed by atoms with Gasteiger partial charge in [-0.05, 0) is 65.2 Å². The van der Waals surface area contributed by atoms with E-state index in [9.17, 15) is 5.26 Å². The van der Waals surface area contributed by atoms with E-state index >= 15 is 0 Å². The van der Waals surface area contributed by atoms with Crippen LogP contribution in [0.25, 0.3) is 0 Å². The molecular weight excluding hydrogens is 248 g/mol. The first kappa shape index (κ1) is 15.8. The number of nitriles is 1. The Morgan fingerprint density at radius 3 is 2.85 bits per heavy atom. The summed E-state index contributed by atoms with van der Waals surface area (Å²) in [5.41, 5.74) is -0.399. The van der Waals surface area contributed by atoms with E-state index < -0.39 is 5.54 Å². The lowest BCUT2D eigenvalue weighted by Crippen LogP contribution is -2.57. The first-order chi connectivity index (χ1) is 9.58. The summed E-state index contributed by atoms with van der Waals surface area (Å²) in [7, 11) is 2.27. The van der Waals surface area contributed by atoms with E-state index in [4.69, 9.17) is 0 Å². The standard InChI is InChI=1S/C16H30N4/c1-4-8-18-16(2,12-17)13-20-10-7-15-14(11-20)6-5-9-19(15)3/h14-15,18H,4-11,13H2,1-3H3. The van der Waals surface area contributed by atoms with Crippen LogP contribution in [0.5, 0.6) is 0 Å². The van der Waals surface area contributed by atoms with Gasteiger partial charge in [0, 0.05) is 19.1 Å². The van der Waals surface area contributed by atoms with Crippen LogP contribution in [0.2, 0.25) is 0 Å². The van der Waals surface area contributed by atoms with Crippen LogP contribution in [0, 0.1) is 17.2 Å². The minimum absolute atomic E-state index is 0.399. The van der Waals surface area contributed by atoms with Gasteiger partial charge in [-0.3, -0.25) is 5.32 Å². The van der Waals surface area contributed by atoms with Gasteiger partial charge in [0.15, 0.2) is 0 Å². The lowest BCUT2D eigenvalue weighted by atomic mass is 9.83. The summed E-state index contributed by atoms with van der Waals surface area (Å²) in [5, 5.41) is 12.9. The van der Waals surface area contributed by atoms with Gasteiger partial charge in [-0.15, -0.1) is 0 Å². The number of hydrogen-bond donors (Lipinski definition) is 1. The van der Waals surface area contributed by atoms with Gasteiger partial charge >= 0.3 is 0 Å². The van der Waals surface area contributed by atoms with E-state index in [1.54, 1.807) is 0 Å². The number of fused-ring (bicyclic) bond motifs is 1. The summed E-state index contributed by atoms with van der Waals surface area (Å²) in [5.74, 6) is 0.802. The molecular formula is C16H30N4. The molecule has 114 valence electrons. The fraction of sp³-hybridized carbons (Fsp3) is 0.938. The number of rotatable bonds is 5. The van der Waals surface area contributed by atoms with E-state index in [2.05, 4.69) is 35.2 Å². The Morgan fingerprint density at radius 1 is 1.35 bits per heavy atom. The van der Waals surface area contributed by atoms with Gasteiger partial charge < -0.3 is 9.80 Å². The molecule has 0 aromatic carbocycles. The molecule has 1 N–H and O–H groups in total. The number of nitrogens with zero attached hydrogens (tertiary/aromatic N) is 3. The molecule has 2 heterocycles. The lowest BCUT2D eigenvalue weighted by Gasteiger charge is -2.47. The molecule has 2 rings (SSSR count). The molecule has 0 amide bonds. The SMILES string of the molecule is CCCNC(C)(C#N)CN1CCC2C(CCCN2C)C1. The highest BCUT2D eigenvalue weighted by Crippen LogP contribution is 2.30. The van der Waals surface area contributed by atoms with Crippen molar-refractivity contribution < 1.29 is 0 Å². The molecule has 2 aliphatic rings. The zero-order chi connectivity index (χ0) is 14.6. The summed E-state index contributed by atoms with van der Waals surface area (Å²) in [6, 6.07) is 3.25. The second kappa shape index (κ2) is 6.89. The van der Waals surface area contributed by atoms with Gasteiger partial charge in [-0.25, -0.2) is 0 Å². The van der Waals surface area contributed by atoms with Gasteiger partial charge in [-0.1, -0.05) is 6.92 Å². The van der Waals surface area contributed by atoms with E-state index in [1.807, 2.05) is 6.92 Å². The molecule has 3 unspecified atom stereocenters. The Labute approximate surface area is 124 Å². The van der Waals surface area contributed by atoms with Crippen LogP contribution < -0.4 is 5.32 Å². The van der Waals surface area contributed by atoms with Crippen LogP contribution in [-0.4, -0.2) is 61.2 Å². The summed E-state index contributed by atoms with van der Waals surface area (Å²) < 4.78 is 0. The quantitative estimate of drug-likeness (QED) is 0.831. The molecule has 0 aromatic heterocycles. The Bertz CT molecular complexity index is 351. The van der Waals surface area contributed by atoms with Crippen molar-refractivity contribution in [3.8, 4) is 6.07 Å². The molecule has 0 aliphatic carbocycles. The second-order valence-electron chi connectivity index (χ2n) is 6.84. The summed E-state index contributed by atoms with van der Waals surface area (Å²) >= 11 is 0. The summed E-state index contributed by atoms with van der Waals surface area (Å²) in [6.45, 7) is 9.53. The molecule has 2 fully saturated rings. The first-order valence-electron chi connectivity index (χ1n) is 8.17. The fourth-order valence-electron chi connectivity index (χ4n) is 3.85. The highest BCUT2D eigenvalue weighted by atomic mass is 15.2. The van der Waals surface area contributed by atoms with Crippen LogP contribution in [0.4, 0.5) is 0 Å². The van der Waals surface area contributed by atoms with Crippen LogP contribution in [0.15, 0.2) is 0 Å². The average Bonchev–Trinajstić information content (AvgIpc) is 2.45. The zero-order valence-electron chi connectivity index (χ0n) is 13.4. The van der Waals surface area contributed by atoms with Crippen molar-refractivity contribution in [1.29, 1.82) is 5.26 Å². The third kappa shape index (κ3) is 3.72. The third-order valence-electron chi connectivity index (χ3n) is 4.98. The lowest BCUT2D eigenvalue weighted by molar-refractivity contribution is 0.0319. The van der Waals surface area contributed by atoms with Gasteiger partial charge in [0.2, 0.25) is 0 Å². The van der Waals surface area contributed by atoms with Gasteiger partial charge in [0.1, 0.15) is 5.54 Å². The van der Waals surface area contributed by atoms with E-state index in [0.29, 0.717) is 0 Å². The topological polar surface area (TPSA) is 42.3 Å². The molecule has 20 heavy (non-hydrogen) atoms. The predicted octanol–water partition coefficient (Wildman–Crippen LogP) is 1.68. The minimum atomic E-state index is -0.399. The summed E-state index contributed by atoms with van der Waals surface area (Å²) in [4.78, 5) is 5.05. The Hall–Kier alpha value is -0.630. The Morgan fingerprint density at radius 2 is 2.15 bits per heavy atom. The van der Waals surface area contributed by atoms with E-state index in [-0.39, 0.29) is 0 Å².